The van der Waals surface area contributed by atoms with E-state index in [9.17, 15) is 17.6 Å². The van der Waals surface area contributed by atoms with Crippen LogP contribution < -0.4 is 9.86 Å². The van der Waals surface area contributed by atoms with Gasteiger partial charge in [0.2, 0.25) is 5.78 Å². The maximum absolute atomic E-state index is 14.9. The quantitative estimate of drug-likeness (QED) is 0.644. The van der Waals surface area contributed by atoms with Crippen molar-refractivity contribution in [2.75, 3.05) is 4.72 Å². The normalized spacial score (nSPS) is 18.6. The molecule has 1 aliphatic rings. The average Bonchev–Trinajstić information content (AvgIpc) is 3.23. The van der Waals surface area contributed by atoms with Crippen LogP contribution in [0, 0.1) is 0 Å². The van der Waals surface area contributed by atoms with E-state index < -0.39 is 22.4 Å². The molecule has 1 aliphatic heterocycles. The minimum atomic E-state index is -3.97. The standard InChI is InChI=1S/C20H18FN3O3S/c21-19-12-15(14-8-4-5-9-16(14)23-28(22,26)27)17-10-11-18(24(17)19)20(25)13-6-2-1-3-7-13/h1-11,15,19,23H,12H2,(H2,22,26,27). The monoisotopic (exact) mass is 399 g/mol. The highest BCUT2D eigenvalue weighted by atomic mass is 32.2. The summed E-state index contributed by atoms with van der Waals surface area (Å²) in [5.41, 5.74) is 2.28. The molecular formula is C20H18FN3O3S. The Labute approximate surface area is 162 Å². The molecule has 3 aromatic rings. The predicted octanol–water partition coefficient (Wildman–Crippen LogP) is 3.34. The van der Waals surface area contributed by atoms with Gasteiger partial charge in [-0.3, -0.25) is 9.52 Å². The Morgan fingerprint density at radius 1 is 1.04 bits per heavy atom. The van der Waals surface area contributed by atoms with Crippen LogP contribution in [0.5, 0.6) is 0 Å². The van der Waals surface area contributed by atoms with Gasteiger partial charge in [-0.1, -0.05) is 48.5 Å². The van der Waals surface area contributed by atoms with Crippen LogP contribution in [0.4, 0.5) is 10.1 Å². The van der Waals surface area contributed by atoms with E-state index in [-0.39, 0.29) is 17.9 Å². The Balaban J connectivity index is 1.75. The molecule has 1 aromatic heterocycles. The molecule has 144 valence electrons. The van der Waals surface area contributed by atoms with Gasteiger partial charge in [-0.25, -0.2) is 9.53 Å². The van der Waals surface area contributed by atoms with E-state index in [4.69, 9.17) is 5.14 Å². The van der Waals surface area contributed by atoms with Crippen molar-refractivity contribution >= 4 is 21.7 Å². The summed E-state index contributed by atoms with van der Waals surface area (Å²) in [6.45, 7) is 0. The first-order chi connectivity index (χ1) is 13.3. The number of benzene rings is 2. The number of hydrogen-bond donors (Lipinski definition) is 2. The second-order valence-corrected chi connectivity index (χ2v) is 7.96. The second-order valence-electron chi connectivity index (χ2n) is 6.67. The summed E-state index contributed by atoms with van der Waals surface area (Å²) < 4.78 is 41.6. The summed E-state index contributed by atoms with van der Waals surface area (Å²) in [6, 6.07) is 18.7. The summed E-state index contributed by atoms with van der Waals surface area (Å²) in [4.78, 5) is 12.8. The van der Waals surface area contributed by atoms with Gasteiger partial charge < -0.3 is 4.57 Å². The SMILES string of the molecule is NS(=O)(=O)Nc1ccccc1C1CC(F)n2c(C(=O)c3ccccc3)ccc21. The maximum Gasteiger partial charge on any atom is 0.296 e. The van der Waals surface area contributed by atoms with Gasteiger partial charge in [-0.05, 0) is 23.8 Å². The number of ketones is 1. The third-order valence-corrected chi connectivity index (χ3v) is 5.38. The van der Waals surface area contributed by atoms with Crippen LogP contribution in [-0.2, 0) is 10.2 Å². The van der Waals surface area contributed by atoms with Crippen LogP contribution in [-0.4, -0.2) is 18.8 Å². The smallest absolute Gasteiger partial charge is 0.296 e. The minimum Gasteiger partial charge on any atom is -0.310 e. The highest BCUT2D eigenvalue weighted by molar-refractivity contribution is 7.90. The summed E-state index contributed by atoms with van der Waals surface area (Å²) in [5, 5.41) is 5.10. The zero-order chi connectivity index (χ0) is 19.9. The number of anilines is 1. The lowest BCUT2D eigenvalue weighted by Crippen LogP contribution is -2.22. The van der Waals surface area contributed by atoms with Gasteiger partial charge in [0.05, 0.1) is 11.4 Å². The summed E-state index contributed by atoms with van der Waals surface area (Å²) in [7, 11) is -3.97. The van der Waals surface area contributed by atoms with E-state index >= 15 is 0 Å². The fourth-order valence-electron chi connectivity index (χ4n) is 3.74. The van der Waals surface area contributed by atoms with Crippen molar-refractivity contribution in [2.24, 2.45) is 5.14 Å². The number of hydrogen-bond acceptors (Lipinski definition) is 3. The molecule has 0 aliphatic carbocycles. The molecule has 2 atom stereocenters. The molecule has 0 bridgehead atoms. The van der Waals surface area contributed by atoms with E-state index in [2.05, 4.69) is 4.72 Å². The van der Waals surface area contributed by atoms with Crippen molar-refractivity contribution < 1.29 is 17.6 Å². The summed E-state index contributed by atoms with van der Waals surface area (Å²) >= 11 is 0. The zero-order valence-electron chi connectivity index (χ0n) is 14.7. The molecule has 0 amide bonds. The van der Waals surface area contributed by atoms with Gasteiger partial charge in [0.1, 0.15) is 0 Å². The van der Waals surface area contributed by atoms with Crippen LogP contribution in [0.2, 0.25) is 0 Å². The molecule has 0 spiro atoms. The lowest BCUT2D eigenvalue weighted by atomic mass is 9.93. The van der Waals surface area contributed by atoms with E-state index in [1.54, 1.807) is 60.7 Å². The number of fused-ring (bicyclic) bond motifs is 1. The Kier molecular flexibility index (Phi) is 4.52. The highest BCUT2D eigenvalue weighted by Crippen LogP contribution is 2.45. The summed E-state index contributed by atoms with van der Waals surface area (Å²) in [6.07, 6.45) is -1.28. The molecule has 4 rings (SSSR count). The van der Waals surface area contributed by atoms with E-state index in [0.717, 1.165) is 0 Å². The van der Waals surface area contributed by atoms with Gasteiger partial charge in [0, 0.05) is 23.6 Å². The topological polar surface area (TPSA) is 94.2 Å². The van der Waals surface area contributed by atoms with Crippen LogP contribution in [0.15, 0.2) is 66.7 Å². The molecule has 8 heteroatoms. The number of halogens is 1. The van der Waals surface area contributed by atoms with Gasteiger partial charge in [-0.2, -0.15) is 8.42 Å². The van der Waals surface area contributed by atoms with Crippen LogP contribution in [0.3, 0.4) is 0 Å². The molecule has 28 heavy (non-hydrogen) atoms. The fourth-order valence-corrected chi connectivity index (χ4v) is 4.23. The van der Waals surface area contributed by atoms with Crippen molar-refractivity contribution in [3.05, 3.63) is 89.2 Å². The first-order valence-corrected chi connectivity index (χ1v) is 10.2. The molecule has 2 aromatic carbocycles. The lowest BCUT2D eigenvalue weighted by molar-refractivity contribution is 0.102. The molecule has 6 nitrogen and oxygen atoms in total. The number of nitrogens with two attached hydrogens (primary N) is 1. The first kappa shape index (κ1) is 18.4. The number of para-hydroxylation sites is 1. The number of aromatic nitrogens is 1. The largest absolute Gasteiger partial charge is 0.310 e. The van der Waals surface area contributed by atoms with Crippen molar-refractivity contribution in [1.29, 1.82) is 0 Å². The van der Waals surface area contributed by atoms with Crippen LogP contribution >= 0.6 is 0 Å². The predicted molar refractivity (Wildman–Crippen MR) is 104 cm³/mol. The Hall–Kier alpha value is -2.97. The molecule has 0 fully saturated rings. The molecular weight excluding hydrogens is 381 g/mol. The molecule has 0 saturated heterocycles. The number of alkyl halides is 1. The maximum atomic E-state index is 14.9. The molecule has 2 unspecified atom stereocenters. The number of carbonyl (C=O) groups is 1. The second kappa shape index (κ2) is 6.88. The van der Waals surface area contributed by atoms with Crippen molar-refractivity contribution in [3.63, 3.8) is 0 Å². The van der Waals surface area contributed by atoms with Gasteiger partial charge >= 0.3 is 0 Å². The zero-order valence-corrected chi connectivity index (χ0v) is 15.6. The minimum absolute atomic E-state index is 0.106. The Morgan fingerprint density at radius 2 is 1.71 bits per heavy atom. The number of carbonyl (C=O) groups excluding carboxylic acids is 1. The number of rotatable bonds is 5. The van der Waals surface area contributed by atoms with E-state index in [1.165, 1.54) is 4.57 Å². The Bertz CT molecular complexity index is 1140. The van der Waals surface area contributed by atoms with Crippen LogP contribution in [0.1, 0.15) is 45.9 Å². The van der Waals surface area contributed by atoms with Gasteiger partial charge in [0.25, 0.3) is 10.2 Å². The van der Waals surface area contributed by atoms with Gasteiger partial charge in [0.15, 0.2) is 6.30 Å². The molecule has 2 heterocycles. The molecule has 0 radical (unpaired) electrons. The van der Waals surface area contributed by atoms with Crippen molar-refractivity contribution in [2.45, 2.75) is 18.6 Å². The third kappa shape index (κ3) is 3.32. The van der Waals surface area contributed by atoms with E-state index in [1.807, 2.05) is 6.07 Å². The van der Waals surface area contributed by atoms with Crippen LogP contribution in [0.25, 0.3) is 0 Å². The number of nitrogens with zero attached hydrogens (tertiary/aromatic N) is 1. The van der Waals surface area contributed by atoms with Gasteiger partial charge in [-0.15, -0.1) is 0 Å². The average molecular weight is 399 g/mol. The lowest BCUT2D eigenvalue weighted by Gasteiger charge is -2.15. The highest BCUT2D eigenvalue weighted by Gasteiger charge is 2.36. The van der Waals surface area contributed by atoms with Crippen molar-refractivity contribution in [1.82, 2.24) is 4.57 Å². The summed E-state index contributed by atoms with van der Waals surface area (Å²) in [5.74, 6) is -0.663. The number of nitrogens with one attached hydrogen (secondary N) is 1. The fraction of sp³-hybridized carbons (Fsp3) is 0.150. The molecule has 0 saturated carbocycles. The Morgan fingerprint density at radius 3 is 2.43 bits per heavy atom. The first-order valence-electron chi connectivity index (χ1n) is 8.69. The van der Waals surface area contributed by atoms with Crippen molar-refractivity contribution in [3.8, 4) is 0 Å². The molecule has 3 N–H and O–H groups in total. The van der Waals surface area contributed by atoms with E-state index in [0.29, 0.717) is 22.5 Å². The third-order valence-electron chi connectivity index (χ3n) is 4.87.